The predicted molar refractivity (Wildman–Crippen MR) is 99.2 cm³/mol. The van der Waals surface area contributed by atoms with Crippen LogP contribution in [0.3, 0.4) is 0 Å². The summed E-state index contributed by atoms with van der Waals surface area (Å²) in [4.78, 5) is 11.7. The van der Waals surface area contributed by atoms with Crippen LogP contribution in [0.5, 0.6) is 11.5 Å². The van der Waals surface area contributed by atoms with Crippen molar-refractivity contribution in [3.63, 3.8) is 0 Å². The molecule has 1 aliphatic carbocycles. The SMILES string of the molecule is CCC(=O)Oc1cccc(CC)c1COc1ccc(C)cc1C1CC1. The van der Waals surface area contributed by atoms with Crippen LogP contribution < -0.4 is 9.47 Å². The lowest BCUT2D eigenvalue weighted by Gasteiger charge is -2.16. The quantitative estimate of drug-likeness (QED) is 0.506. The van der Waals surface area contributed by atoms with E-state index >= 15 is 0 Å². The van der Waals surface area contributed by atoms with Crippen LogP contribution >= 0.6 is 0 Å². The van der Waals surface area contributed by atoms with Crippen LogP contribution in [-0.4, -0.2) is 5.97 Å². The summed E-state index contributed by atoms with van der Waals surface area (Å²) in [6.45, 7) is 6.44. The van der Waals surface area contributed by atoms with Gasteiger partial charge in [-0.25, -0.2) is 0 Å². The molecule has 0 saturated heterocycles. The lowest BCUT2D eigenvalue weighted by molar-refractivity contribution is -0.134. The zero-order valence-electron chi connectivity index (χ0n) is 15.3. The highest BCUT2D eigenvalue weighted by atomic mass is 16.5. The van der Waals surface area contributed by atoms with Crippen molar-refractivity contribution in [3.8, 4) is 11.5 Å². The molecule has 132 valence electrons. The first-order chi connectivity index (χ1) is 12.1. The monoisotopic (exact) mass is 338 g/mol. The fourth-order valence-electron chi connectivity index (χ4n) is 3.06. The Labute approximate surface area is 150 Å². The van der Waals surface area contributed by atoms with E-state index in [1.165, 1.54) is 24.0 Å². The number of benzene rings is 2. The van der Waals surface area contributed by atoms with Crippen LogP contribution in [0.25, 0.3) is 0 Å². The maximum absolute atomic E-state index is 11.7. The van der Waals surface area contributed by atoms with Gasteiger partial charge in [-0.2, -0.15) is 0 Å². The largest absolute Gasteiger partial charge is 0.488 e. The molecule has 3 heteroatoms. The summed E-state index contributed by atoms with van der Waals surface area (Å²) in [6.07, 6.45) is 3.72. The molecule has 0 aliphatic heterocycles. The van der Waals surface area contributed by atoms with Gasteiger partial charge in [0.1, 0.15) is 18.1 Å². The van der Waals surface area contributed by atoms with E-state index in [1.807, 2.05) is 12.1 Å². The van der Waals surface area contributed by atoms with Crippen molar-refractivity contribution in [1.82, 2.24) is 0 Å². The number of ether oxygens (including phenoxy) is 2. The van der Waals surface area contributed by atoms with Crippen molar-refractivity contribution in [2.75, 3.05) is 0 Å². The fraction of sp³-hybridized carbons (Fsp3) is 0.409. The first kappa shape index (κ1) is 17.5. The van der Waals surface area contributed by atoms with Crippen LogP contribution in [0.15, 0.2) is 36.4 Å². The Kier molecular flexibility index (Phi) is 5.42. The minimum Gasteiger partial charge on any atom is -0.488 e. The zero-order chi connectivity index (χ0) is 17.8. The lowest BCUT2D eigenvalue weighted by atomic mass is 10.0. The molecule has 0 unspecified atom stereocenters. The summed E-state index contributed by atoms with van der Waals surface area (Å²) >= 11 is 0. The summed E-state index contributed by atoms with van der Waals surface area (Å²) in [5.41, 5.74) is 4.69. The van der Waals surface area contributed by atoms with Gasteiger partial charge < -0.3 is 9.47 Å². The molecule has 1 saturated carbocycles. The van der Waals surface area contributed by atoms with Gasteiger partial charge in [-0.15, -0.1) is 0 Å². The Morgan fingerprint density at radius 3 is 2.60 bits per heavy atom. The Bertz CT molecular complexity index is 760. The molecular weight excluding hydrogens is 312 g/mol. The Morgan fingerprint density at radius 1 is 1.12 bits per heavy atom. The molecule has 2 aromatic carbocycles. The third-order valence-electron chi connectivity index (χ3n) is 4.68. The predicted octanol–water partition coefficient (Wildman–Crippen LogP) is 5.33. The molecule has 3 rings (SSSR count). The molecule has 1 fully saturated rings. The molecule has 0 aromatic heterocycles. The molecule has 0 heterocycles. The van der Waals surface area contributed by atoms with E-state index in [4.69, 9.17) is 9.47 Å². The van der Waals surface area contributed by atoms with Crippen molar-refractivity contribution in [2.45, 2.75) is 59.0 Å². The molecule has 0 N–H and O–H groups in total. The zero-order valence-corrected chi connectivity index (χ0v) is 15.3. The second-order valence-corrected chi connectivity index (χ2v) is 6.68. The van der Waals surface area contributed by atoms with Gasteiger partial charge in [0.05, 0.1) is 0 Å². The first-order valence-electron chi connectivity index (χ1n) is 9.17. The third-order valence-corrected chi connectivity index (χ3v) is 4.68. The van der Waals surface area contributed by atoms with Crippen molar-refractivity contribution < 1.29 is 14.3 Å². The molecule has 1 aliphatic rings. The van der Waals surface area contributed by atoms with E-state index in [0.29, 0.717) is 24.7 Å². The highest BCUT2D eigenvalue weighted by Gasteiger charge is 2.27. The summed E-state index contributed by atoms with van der Waals surface area (Å²) in [5, 5.41) is 0. The lowest BCUT2D eigenvalue weighted by Crippen LogP contribution is -2.10. The molecule has 0 bridgehead atoms. The maximum atomic E-state index is 11.7. The third kappa shape index (κ3) is 4.22. The number of carbonyl (C=O) groups is 1. The number of carbonyl (C=O) groups excluding carboxylic acids is 1. The normalized spacial score (nSPS) is 13.6. The van der Waals surface area contributed by atoms with E-state index in [9.17, 15) is 4.79 Å². The van der Waals surface area contributed by atoms with Crippen LogP contribution in [0.2, 0.25) is 0 Å². The van der Waals surface area contributed by atoms with Crippen LogP contribution in [-0.2, 0) is 17.8 Å². The molecule has 25 heavy (non-hydrogen) atoms. The minimum atomic E-state index is -0.219. The first-order valence-corrected chi connectivity index (χ1v) is 9.17. The van der Waals surface area contributed by atoms with Crippen molar-refractivity contribution in [3.05, 3.63) is 58.7 Å². The molecule has 0 atom stereocenters. The molecule has 3 nitrogen and oxygen atoms in total. The number of hydrogen-bond donors (Lipinski definition) is 0. The Hall–Kier alpha value is -2.29. The van der Waals surface area contributed by atoms with Crippen molar-refractivity contribution in [2.24, 2.45) is 0 Å². The second-order valence-electron chi connectivity index (χ2n) is 6.68. The highest BCUT2D eigenvalue weighted by molar-refractivity contribution is 5.72. The van der Waals surface area contributed by atoms with Crippen LogP contribution in [0, 0.1) is 6.92 Å². The van der Waals surface area contributed by atoms with Gasteiger partial charge >= 0.3 is 5.97 Å². The molecular formula is C22H26O3. The van der Waals surface area contributed by atoms with E-state index in [0.717, 1.165) is 23.3 Å². The highest BCUT2D eigenvalue weighted by Crippen LogP contribution is 2.45. The summed E-state index contributed by atoms with van der Waals surface area (Å²) in [5.74, 6) is 1.98. The Morgan fingerprint density at radius 2 is 1.92 bits per heavy atom. The number of rotatable bonds is 7. The topological polar surface area (TPSA) is 35.5 Å². The van der Waals surface area contributed by atoms with E-state index < -0.39 is 0 Å². The summed E-state index contributed by atoms with van der Waals surface area (Å²) in [6, 6.07) is 12.2. The standard InChI is InChI=1S/C22H26O3/c1-4-16-7-6-8-21(25-22(23)5-2)19(16)14-24-20-12-9-15(3)13-18(20)17-10-11-17/h6-9,12-13,17H,4-5,10-11,14H2,1-3H3. The van der Waals surface area contributed by atoms with Crippen molar-refractivity contribution in [1.29, 1.82) is 0 Å². The van der Waals surface area contributed by atoms with E-state index in [2.05, 4.69) is 38.1 Å². The average Bonchev–Trinajstić information content (AvgIpc) is 3.46. The Balaban J connectivity index is 1.84. The maximum Gasteiger partial charge on any atom is 0.310 e. The van der Waals surface area contributed by atoms with Gasteiger partial charge in [-0.05, 0) is 55.4 Å². The van der Waals surface area contributed by atoms with Crippen molar-refractivity contribution >= 4 is 5.97 Å². The van der Waals surface area contributed by atoms with Gasteiger partial charge in [-0.1, -0.05) is 43.7 Å². The van der Waals surface area contributed by atoms with Gasteiger partial charge in [-0.3, -0.25) is 4.79 Å². The van der Waals surface area contributed by atoms with E-state index in [1.54, 1.807) is 6.92 Å². The van der Waals surface area contributed by atoms with E-state index in [-0.39, 0.29) is 5.97 Å². The number of esters is 1. The molecule has 0 spiro atoms. The number of hydrogen-bond acceptors (Lipinski definition) is 3. The smallest absolute Gasteiger partial charge is 0.310 e. The van der Waals surface area contributed by atoms with Crippen LogP contribution in [0.1, 0.15) is 61.3 Å². The molecule has 2 aromatic rings. The van der Waals surface area contributed by atoms with Gasteiger partial charge in [0.2, 0.25) is 0 Å². The van der Waals surface area contributed by atoms with Crippen LogP contribution in [0.4, 0.5) is 0 Å². The van der Waals surface area contributed by atoms with Gasteiger partial charge in [0.15, 0.2) is 0 Å². The number of aryl methyl sites for hydroxylation is 2. The molecule has 0 radical (unpaired) electrons. The molecule has 0 amide bonds. The van der Waals surface area contributed by atoms with Gasteiger partial charge in [0.25, 0.3) is 0 Å². The second kappa shape index (κ2) is 7.73. The summed E-state index contributed by atoms with van der Waals surface area (Å²) in [7, 11) is 0. The minimum absolute atomic E-state index is 0.219. The average molecular weight is 338 g/mol. The summed E-state index contributed by atoms with van der Waals surface area (Å²) < 4.78 is 11.7. The van der Waals surface area contributed by atoms with Gasteiger partial charge in [0, 0.05) is 12.0 Å². The fourth-order valence-corrected chi connectivity index (χ4v) is 3.06.